The Kier molecular flexibility index (Phi) is 7.18. The molecular weight excluding hydrogens is 474 g/mol. The molecule has 2 heterocycles. The first-order chi connectivity index (χ1) is 16.4. The number of ether oxygens (including phenoxy) is 1. The Morgan fingerprint density at radius 2 is 1.53 bits per heavy atom. The number of amides is 2. The van der Waals surface area contributed by atoms with Gasteiger partial charge in [-0.2, -0.15) is 0 Å². The summed E-state index contributed by atoms with van der Waals surface area (Å²) in [5.41, 5.74) is 0.818. The van der Waals surface area contributed by atoms with Gasteiger partial charge in [-0.05, 0) is 66.9 Å². The van der Waals surface area contributed by atoms with Crippen molar-refractivity contribution in [1.82, 2.24) is 9.80 Å². The van der Waals surface area contributed by atoms with Crippen LogP contribution in [-0.4, -0.2) is 62.8 Å². The van der Waals surface area contributed by atoms with Crippen LogP contribution in [0.25, 0.3) is 0 Å². The average molecular weight is 500 g/mol. The number of rotatable bonds is 7. The van der Waals surface area contributed by atoms with Gasteiger partial charge < -0.3 is 14.5 Å². The monoisotopic (exact) mass is 499 g/mol. The van der Waals surface area contributed by atoms with Crippen LogP contribution >= 0.6 is 11.3 Å². The maximum absolute atomic E-state index is 12.9. The van der Waals surface area contributed by atoms with E-state index in [2.05, 4.69) is 4.72 Å². The lowest BCUT2D eigenvalue weighted by atomic mass is 10.1. The minimum absolute atomic E-state index is 0.00809. The van der Waals surface area contributed by atoms with Gasteiger partial charge in [-0.1, -0.05) is 6.07 Å². The summed E-state index contributed by atoms with van der Waals surface area (Å²) in [7, 11) is -3.77. The third-order valence-electron chi connectivity index (χ3n) is 5.42. The number of piperazine rings is 1. The summed E-state index contributed by atoms with van der Waals surface area (Å²) in [6, 6.07) is 16.1. The number of carbonyl (C=O) groups is 2. The molecular formula is C24H25N3O5S2. The minimum Gasteiger partial charge on any atom is -0.494 e. The Bertz CT molecular complexity index is 1230. The molecule has 4 rings (SSSR count). The van der Waals surface area contributed by atoms with Crippen LogP contribution in [0.4, 0.5) is 5.69 Å². The summed E-state index contributed by atoms with van der Waals surface area (Å²) in [6.07, 6.45) is 0. The van der Waals surface area contributed by atoms with E-state index in [0.717, 1.165) is 0 Å². The normalized spacial score (nSPS) is 14.0. The first kappa shape index (κ1) is 23.8. The second-order valence-corrected chi connectivity index (χ2v) is 10.3. The van der Waals surface area contributed by atoms with E-state index < -0.39 is 10.0 Å². The van der Waals surface area contributed by atoms with Crippen LogP contribution in [0.3, 0.4) is 0 Å². The number of thiophene rings is 1. The van der Waals surface area contributed by atoms with E-state index in [4.69, 9.17) is 4.74 Å². The van der Waals surface area contributed by atoms with Crippen LogP contribution in [0.1, 0.15) is 27.0 Å². The number of anilines is 1. The van der Waals surface area contributed by atoms with Crippen molar-refractivity contribution in [3.05, 3.63) is 76.5 Å². The van der Waals surface area contributed by atoms with Gasteiger partial charge in [0.2, 0.25) is 0 Å². The lowest BCUT2D eigenvalue weighted by molar-refractivity contribution is 0.0538. The summed E-state index contributed by atoms with van der Waals surface area (Å²) in [4.78, 5) is 29.6. The largest absolute Gasteiger partial charge is 0.494 e. The third kappa shape index (κ3) is 5.40. The highest BCUT2D eigenvalue weighted by molar-refractivity contribution is 7.92. The standard InChI is InChI=1S/C24H25N3O5S2/c1-2-32-20-9-11-21(12-10-20)34(30,31)25-19-7-5-18(6-8-19)23(28)26-13-15-27(16-14-26)24(29)22-4-3-17-33-22/h3-12,17,25H,2,13-16H2,1H3. The summed E-state index contributed by atoms with van der Waals surface area (Å²) in [6.45, 7) is 4.20. The lowest BCUT2D eigenvalue weighted by Crippen LogP contribution is -2.50. The molecule has 178 valence electrons. The summed E-state index contributed by atoms with van der Waals surface area (Å²) in [5, 5.41) is 1.87. The second-order valence-electron chi connectivity index (χ2n) is 7.65. The molecule has 0 aliphatic carbocycles. The van der Waals surface area contributed by atoms with E-state index in [1.54, 1.807) is 52.3 Å². The van der Waals surface area contributed by atoms with Crippen molar-refractivity contribution >= 4 is 38.9 Å². The Labute approximate surface area is 202 Å². The second kappa shape index (κ2) is 10.3. The Hall–Kier alpha value is -3.37. The van der Waals surface area contributed by atoms with Gasteiger partial charge in [0.05, 0.1) is 16.4 Å². The molecule has 1 saturated heterocycles. The predicted octanol–water partition coefficient (Wildman–Crippen LogP) is 3.55. The van der Waals surface area contributed by atoms with Crippen LogP contribution < -0.4 is 9.46 Å². The number of carbonyl (C=O) groups excluding carboxylic acids is 2. The van der Waals surface area contributed by atoms with E-state index in [9.17, 15) is 18.0 Å². The van der Waals surface area contributed by atoms with Crippen molar-refractivity contribution < 1.29 is 22.7 Å². The fourth-order valence-electron chi connectivity index (χ4n) is 3.63. The number of benzene rings is 2. The molecule has 1 N–H and O–H groups in total. The molecule has 0 bridgehead atoms. The fourth-order valence-corrected chi connectivity index (χ4v) is 5.38. The molecule has 3 aromatic rings. The third-order valence-corrected chi connectivity index (χ3v) is 7.67. The molecule has 1 aliphatic rings. The van der Waals surface area contributed by atoms with Crippen molar-refractivity contribution in [2.24, 2.45) is 0 Å². The summed E-state index contributed by atoms with van der Waals surface area (Å²) in [5.74, 6) is 0.441. The van der Waals surface area contributed by atoms with Gasteiger partial charge >= 0.3 is 0 Å². The van der Waals surface area contributed by atoms with Crippen LogP contribution in [0.2, 0.25) is 0 Å². The minimum atomic E-state index is -3.77. The Morgan fingerprint density at radius 1 is 0.912 bits per heavy atom. The van der Waals surface area contributed by atoms with Gasteiger partial charge in [-0.15, -0.1) is 11.3 Å². The smallest absolute Gasteiger partial charge is 0.264 e. The summed E-state index contributed by atoms with van der Waals surface area (Å²) < 4.78 is 33.2. The number of hydrogen-bond acceptors (Lipinski definition) is 6. The number of sulfonamides is 1. The molecule has 0 atom stereocenters. The highest BCUT2D eigenvalue weighted by Gasteiger charge is 2.26. The summed E-state index contributed by atoms with van der Waals surface area (Å²) >= 11 is 1.41. The van der Waals surface area contributed by atoms with Gasteiger partial charge in [0.1, 0.15) is 5.75 Å². The molecule has 0 saturated carbocycles. The van der Waals surface area contributed by atoms with Crippen molar-refractivity contribution in [2.45, 2.75) is 11.8 Å². The highest BCUT2D eigenvalue weighted by Crippen LogP contribution is 2.21. The molecule has 10 heteroatoms. The quantitative estimate of drug-likeness (QED) is 0.536. The van der Waals surface area contributed by atoms with Crippen LogP contribution in [0.5, 0.6) is 5.75 Å². The predicted molar refractivity (Wildman–Crippen MR) is 131 cm³/mol. The zero-order chi connectivity index (χ0) is 24.1. The van der Waals surface area contributed by atoms with Crippen LogP contribution in [0, 0.1) is 0 Å². The van der Waals surface area contributed by atoms with E-state index in [-0.39, 0.29) is 16.7 Å². The Balaban J connectivity index is 1.35. The number of nitrogens with one attached hydrogen (secondary N) is 1. The average Bonchev–Trinajstić information content (AvgIpc) is 3.39. The first-order valence-corrected chi connectivity index (χ1v) is 13.2. The van der Waals surface area contributed by atoms with Gasteiger partial charge in [0, 0.05) is 37.4 Å². The topological polar surface area (TPSA) is 96.0 Å². The van der Waals surface area contributed by atoms with E-state index in [0.29, 0.717) is 54.7 Å². The molecule has 2 aromatic carbocycles. The molecule has 1 aromatic heterocycles. The molecule has 0 spiro atoms. The molecule has 2 amide bonds. The maximum atomic E-state index is 12.9. The van der Waals surface area contributed by atoms with Crippen molar-refractivity contribution in [2.75, 3.05) is 37.5 Å². The highest BCUT2D eigenvalue weighted by atomic mass is 32.2. The zero-order valence-electron chi connectivity index (χ0n) is 18.6. The van der Waals surface area contributed by atoms with Crippen molar-refractivity contribution in [3.8, 4) is 5.75 Å². The van der Waals surface area contributed by atoms with E-state index in [1.807, 2.05) is 18.4 Å². The van der Waals surface area contributed by atoms with Gasteiger partial charge in [0.25, 0.3) is 21.8 Å². The maximum Gasteiger partial charge on any atom is 0.264 e. The van der Waals surface area contributed by atoms with E-state index >= 15 is 0 Å². The van der Waals surface area contributed by atoms with Gasteiger partial charge in [0.15, 0.2) is 0 Å². The number of hydrogen-bond donors (Lipinski definition) is 1. The molecule has 8 nitrogen and oxygen atoms in total. The fraction of sp³-hybridized carbons (Fsp3) is 0.250. The molecule has 34 heavy (non-hydrogen) atoms. The number of nitrogens with zero attached hydrogens (tertiary/aromatic N) is 2. The van der Waals surface area contributed by atoms with Crippen molar-refractivity contribution in [3.63, 3.8) is 0 Å². The molecule has 1 fully saturated rings. The zero-order valence-corrected chi connectivity index (χ0v) is 20.3. The molecule has 0 unspecified atom stereocenters. The van der Waals surface area contributed by atoms with Crippen LogP contribution in [0.15, 0.2) is 70.9 Å². The van der Waals surface area contributed by atoms with Gasteiger partial charge in [-0.25, -0.2) is 8.42 Å². The first-order valence-electron chi connectivity index (χ1n) is 10.8. The lowest BCUT2D eigenvalue weighted by Gasteiger charge is -2.34. The van der Waals surface area contributed by atoms with Crippen LogP contribution in [-0.2, 0) is 10.0 Å². The molecule has 0 radical (unpaired) electrons. The van der Waals surface area contributed by atoms with Gasteiger partial charge in [-0.3, -0.25) is 14.3 Å². The Morgan fingerprint density at radius 3 is 2.09 bits per heavy atom. The SMILES string of the molecule is CCOc1ccc(S(=O)(=O)Nc2ccc(C(=O)N3CCN(C(=O)c4cccs4)CC3)cc2)cc1. The van der Waals surface area contributed by atoms with E-state index in [1.165, 1.54) is 23.5 Å². The molecule has 1 aliphatic heterocycles. The van der Waals surface area contributed by atoms with Crippen molar-refractivity contribution in [1.29, 1.82) is 0 Å².